The van der Waals surface area contributed by atoms with Crippen LogP contribution in [0.1, 0.15) is 126 Å². The number of aliphatic carboxylic acids is 2. The molecular weight excluding hydrogens is 729 g/mol. The van der Waals surface area contributed by atoms with Crippen molar-refractivity contribution in [2.75, 3.05) is 0 Å². The Balaban J connectivity index is 1.28. The van der Waals surface area contributed by atoms with E-state index in [1.807, 2.05) is 13.8 Å². The predicted molar refractivity (Wildman–Crippen MR) is 213 cm³/mol. The molecule has 4 aliphatic rings. The van der Waals surface area contributed by atoms with Crippen molar-refractivity contribution in [1.82, 2.24) is 14.9 Å². The Hall–Kier alpha value is -4.00. The molecular formula is C44H66N4O9. The van der Waals surface area contributed by atoms with Crippen molar-refractivity contribution in [1.29, 1.82) is 0 Å². The lowest BCUT2D eigenvalue weighted by Gasteiger charge is -2.69. The minimum absolute atomic E-state index is 0.00297. The Kier molecular flexibility index (Phi) is 13.2. The maximum absolute atomic E-state index is 13.3. The normalized spacial score (nSPS) is 35.0. The highest BCUT2D eigenvalue weighted by Crippen LogP contribution is 2.75. The molecule has 0 radical (unpaired) electrons. The summed E-state index contributed by atoms with van der Waals surface area (Å²) in [4.78, 5) is 66.7. The number of hydrogen-bond acceptors (Lipinski definition) is 9. The Morgan fingerprint density at radius 2 is 1.74 bits per heavy atom. The highest BCUT2D eigenvalue weighted by atomic mass is 16.5. The second-order valence-electron chi connectivity index (χ2n) is 18.8. The van der Waals surface area contributed by atoms with E-state index in [1.165, 1.54) is 13.8 Å². The molecule has 5 rings (SSSR count). The van der Waals surface area contributed by atoms with Gasteiger partial charge in [0.15, 0.2) is 0 Å². The fourth-order valence-corrected chi connectivity index (χ4v) is 12.3. The topological polar surface area (TPSA) is 200 Å². The Morgan fingerprint density at radius 1 is 1.04 bits per heavy atom. The molecule has 2 unspecified atom stereocenters. The van der Waals surface area contributed by atoms with Crippen molar-refractivity contribution in [2.24, 2.45) is 51.6 Å². The first-order valence-corrected chi connectivity index (χ1v) is 20.9. The highest BCUT2D eigenvalue weighted by molar-refractivity contribution is 5.88. The number of nitrogens with two attached hydrogens (primary N) is 1. The first kappa shape index (κ1) is 44.1. The van der Waals surface area contributed by atoms with Crippen molar-refractivity contribution < 1.29 is 43.7 Å². The maximum atomic E-state index is 13.3. The molecule has 316 valence electrons. The van der Waals surface area contributed by atoms with Gasteiger partial charge in [-0.15, -0.1) is 0 Å². The number of carbonyl (C=O) groups is 5. The van der Waals surface area contributed by atoms with Gasteiger partial charge in [0.2, 0.25) is 5.91 Å². The number of ether oxygens (including phenoxy) is 2. The molecule has 4 aliphatic carbocycles. The molecule has 13 heteroatoms. The number of hydrogen-bond donors (Lipinski definition) is 4. The molecule has 13 nitrogen and oxygen atoms in total. The number of carboxylic acids is 2. The number of allylic oxidation sites excluding steroid dienone is 2. The molecule has 0 spiro atoms. The van der Waals surface area contributed by atoms with Crippen LogP contribution in [0.3, 0.4) is 0 Å². The number of nitrogens with zero attached hydrogens (tertiary/aromatic N) is 2. The molecule has 1 heterocycles. The van der Waals surface area contributed by atoms with E-state index < -0.39 is 36.0 Å². The SMILES string of the molecule is CC(=O)O[C@H]1C[C@@]2(C)[C@@H](C[C@@H](C)[C@H]3[C@@]4(C)CC[C@@H](OC(=O)CCn5cnc(CC(NC(=O)C(C)N)C(=O)O)c5)[C@@H](C)[C@@H]4CC[C@@]32C)/C1=C(\CCC=C(C)C)C(=O)O. The fourth-order valence-electron chi connectivity index (χ4n) is 12.3. The predicted octanol–water partition coefficient (Wildman–Crippen LogP) is 6.24. The van der Waals surface area contributed by atoms with Gasteiger partial charge in [0.25, 0.3) is 0 Å². The number of aromatic nitrogens is 2. The summed E-state index contributed by atoms with van der Waals surface area (Å²) in [6.45, 7) is 19.0. The van der Waals surface area contributed by atoms with E-state index in [-0.39, 0.29) is 59.0 Å². The highest BCUT2D eigenvalue weighted by Gasteiger charge is 2.70. The van der Waals surface area contributed by atoms with Crippen LogP contribution in [0, 0.1) is 45.8 Å². The lowest BCUT2D eigenvalue weighted by Crippen LogP contribution is -2.64. The van der Waals surface area contributed by atoms with Crippen LogP contribution >= 0.6 is 0 Å². The van der Waals surface area contributed by atoms with Crippen molar-refractivity contribution in [3.63, 3.8) is 0 Å². The smallest absolute Gasteiger partial charge is 0.331 e. The van der Waals surface area contributed by atoms with Gasteiger partial charge in [-0.3, -0.25) is 14.4 Å². The summed E-state index contributed by atoms with van der Waals surface area (Å²) >= 11 is 0. The first-order chi connectivity index (χ1) is 26.6. The Morgan fingerprint density at radius 3 is 2.35 bits per heavy atom. The maximum Gasteiger partial charge on any atom is 0.331 e. The molecule has 1 amide bonds. The zero-order chi connectivity index (χ0) is 42.2. The monoisotopic (exact) mass is 794 g/mol. The number of carboxylic acid groups (broad SMARTS) is 2. The lowest BCUT2D eigenvalue weighted by molar-refractivity contribution is -0.220. The van der Waals surface area contributed by atoms with Crippen LogP contribution in [0.25, 0.3) is 0 Å². The van der Waals surface area contributed by atoms with E-state index in [0.717, 1.165) is 43.3 Å². The van der Waals surface area contributed by atoms with Crippen molar-refractivity contribution in [3.8, 4) is 0 Å². The summed E-state index contributed by atoms with van der Waals surface area (Å²) in [6, 6.07) is -2.02. The fraction of sp³-hybridized carbons (Fsp3) is 0.727. The molecule has 4 saturated carbocycles. The van der Waals surface area contributed by atoms with Crippen LogP contribution in [0.15, 0.2) is 35.3 Å². The van der Waals surface area contributed by atoms with Crippen molar-refractivity contribution in [2.45, 2.75) is 157 Å². The lowest BCUT2D eigenvalue weighted by atomic mass is 9.35. The molecule has 0 aliphatic heterocycles. The first-order valence-electron chi connectivity index (χ1n) is 20.9. The van der Waals surface area contributed by atoms with Crippen LogP contribution in [-0.4, -0.2) is 73.8 Å². The van der Waals surface area contributed by atoms with E-state index in [2.05, 4.69) is 51.0 Å². The molecule has 5 N–H and O–H groups in total. The molecule has 0 saturated heterocycles. The van der Waals surface area contributed by atoms with Gasteiger partial charge in [-0.2, -0.15) is 0 Å². The van der Waals surface area contributed by atoms with Crippen molar-refractivity contribution >= 4 is 29.8 Å². The zero-order valence-electron chi connectivity index (χ0n) is 35.4. The third-order valence-electron chi connectivity index (χ3n) is 14.8. The third-order valence-corrected chi connectivity index (χ3v) is 14.8. The zero-order valence-corrected chi connectivity index (χ0v) is 35.4. The largest absolute Gasteiger partial charge is 0.480 e. The van der Waals surface area contributed by atoms with Gasteiger partial charge in [-0.05, 0) is 124 Å². The van der Waals surface area contributed by atoms with Gasteiger partial charge in [0, 0.05) is 31.7 Å². The van der Waals surface area contributed by atoms with Crippen LogP contribution in [0.5, 0.6) is 0 Å². The van der Waals surface area contributed by atoms with Gasteiger partial charge < -0.3 is 35.3 Å². The standard InChI is InChI=1S/C44H66N4O9/c1-24(2)11-10-12-30(40(52)53)37-32-19-25(3)38-42(7)16-14-34(26(4)31(42)13-17-43(38,8)44(32,9)21-35(37)56-28(6)49)57-36(50)15-18-48-22-29(46-23-48)20-33(41(54)55)47-39(51)27(5)45/h11,22-23,25-27,31-35,38H,10,12-21,45H2,1-9H3,(H,47,51)(H,52,53)(H,54,55)/b37-30-/t25-,26+,27?,31+,32+,33?,34-,35+,38+,42+,43+,44+/m1/s1. The second-order valence-corrected chi connectivity index (χ2v) is 18.8. The summed E-state index contributed by atoms with van der Waals surface area (Å²) in [5.41, 5.74) is 8.00. The number of esters is 2. The number of rotatable bonds is 14. The number of nitrogens with one attached hydrogen (secondary N) is 1. The average Bonchev–Trinajstić information content (AvgIpc) is 3.67. The third kappa shape index (κ3) is 8.73. The average molecular weight is 795 g/mol. The van der Waals surface area contributed by atoms with E-state index in [4.69, 9.17) is 15.2 Å². The molecule has 0 bridgehead atoms. The van der Waals surface area contributed by atoms with Crippen LogP contribution in [0.4, 0.5) is 0 Å². The quantitative estimate of drug-likeness (QED) is 0.0945. The Labute approximate surface area is 337 Å². The number of aryl methyl sites for hydroxylation is 1. The minimum atomic E-state index is -1.19. The van der Waals surface area contributed by atoms with Crippen LogP contribution < -0.4 is 11.1 Å². The second kappa shape index (κ2) is 17.1. The molecule has 4 fully saturated rings. The molecule has 0 aromatic carbocycles. The summed E-state index contributed by atoms with van der Waals surface area (Å²) in [7, 11) is 0. The molecule has 12 atom stereocenters. The summed E-state index contributed by atoms with van der Waals surface area (Å²) in [5, 5.41) is 22.6. The summed E-state index contributed by atoms with van der Waals surface area (Å²) in [6.07, 6.45) is 10.7. The van der Waals surface area contributed by atoms with Crippen LogP contribution in [0.2, 0.25) is 0 Å². The van der Waals surface area contributed by atoms with Gasteiger partial charge >= 0.3 is 23.9 Å². The van der Waals surface area contributed by atoms with Gasteiger partial charge in [0.05, 0.1) is 24.5 Å². The minimum Gasteiger partial charge on any atom is -0.480 e. The van der Waals surface area contributed by atoms with Crippen molar-refractivity contribution in [3.05, 3.63) is 41.0 Å². The number of fused-ring (bicyclic) bond motifs is 5. The summed E-state index contributed by atoms with van der Waals surface area (Å²) < 4.78 is 14.0. The van der Waals surface area contributed by atoms with Gasteiger partial charge in [-0.25, -0.2) is 14.6 Å². The van der Waals surface area contributed by atoms with E-state index in [1.54, 1.807) is 17.1 Å². The number of carbonyl (C=O) groups excluding carboxylic acids is 3. The molecule has 1 aromatic heterocycles. The number of amides is 1. The number of imidazole rings is 1. The van der Waals surface area contributed by atoms with Gasteiger partial charge in [-0.1, -0.05) is 46.3 Å². The van der Waals surface area contributed by atoms with E-state index in [9.17, 15) is 34.2 Å². The van der Waals surface area contributed by atoms with E-state index >= 15 is 0 Å². The van der Waals surface area contributed by atoms with Crippen LogP contribution in [-0.2, 0) is 46.4 Å². The summed E-state index contributed by atoms with van der Waals surface area (Å²) in [5.74, 6) is -2.21. The molecule has 57 heavy (non-hydrogen) atoms. The Bertz CT molecular complexity index is 1780. The molecule has 1 aromatic rings. The van der Waals surface area contributed by atoms with Gasteiger partial charge in [0.1, 0.15) is 18.2 Å². The van der Waals surface area contributed by atoms with E-state index in [0.29, 0.717) is 54.8 Å².